The molecule has 2 atom stereocenters. The summed E-state index contributed by atoms with van der Waals surface area (Å²) in [5.74, 6) is 0.735. The molecule has 1 aliphatic rings. The van der Waals surface area contributed by atoms with E-state index in [9.17, 15) is 0 Å². The minimum Gasteiger partial charge on any atom is -0.327 e. The third-order valence-electron chi connectivity index (χ3n) is 2.17. The van der Waals surface area contributed by atoms with E-state index < -0.39 is 0 Å². The van der Waals surface area contributed by atoms with E-state index in [1.807, 2.05) is 4.68 Å². The molecule has 0 saturated heterocycles. The van der Waals surface area contributed by atoms with Crippen LogP contribution in [-0.2, 0) is 6.54 Å². The van der Waals surface area contributed by atoms with E-state index in [1.54, 1.807) is 12.7 Å². The van der Waals surface area contributed by atoms with Crippen LogP contribution in [0.25, 0.3) is 0 Å². The van der Waals surface area contributed by atoms with E-state index in [2.05, 4.69) is 10.1 Å². The second-order valence-corrected chi connectivity index (χ2v) is 3.11. The minimum absolute atomic E-state index is 0.457. The number of nitrogens with zero attached hydrogens (tertiary/aromatic N) is 3. The molecule has 0 amide bonds. The summed E-state index contributed by atoms with van der Waals surface area (Å²) in [5, 5.41) is 4.01. The fraction of sp³-hybridized carbons (Fsp3) is 0.714. The molecule has 1 aromatic rings. The van der Waals surface area contributed by atoms with Crippen LogP contribution < -0.4 is 5.73 Å². The molecular weight excluding hydrogens is 140 g/mol. The molecule has 0 unspecified atom stereocenters. The van der Waals surface area contributed by atoms with Gasteiger partial charge in [-0.25, -0.2) is 4.98 Å². The number of aryl methyl sites for hydroxylation is 1. The van der Waals surface area contributed by atoms with Gasteiger partial charge in [0.2, 0.25) is 0 Å². The van der Waals surface area contributed by atoms with Gasteiger partial charge >= 0.3 is 0 Å². The molecule has 0 bridgehead atoms. The monoisotopic (exact) mass is 152 g/mol. The molecule has 0 radical (unpaired) electrons. The Labute approximate surface area is 65.4 Å². The van der Waals surface area contributed by atoms with Crippen LogP contribution in [0.5, 0.6) is 0 Å². The SMILES string of the molecule is N[C@@H]1C[C@H]1CCn1cncn1. The van der Waals surface area contributed by atoms with Crippen LogP contribution in [0.3, 0.4) is 0 Å². The quantitative estimate of drug-likeness (QED) is 0.664. The largest absolute Gasteiger partial charge is 0.327 e. The van der Waals surface area contributed by atoms with Crippen molar-refractivity contribution in [2.24, 2.45) is 11.7 Å². The minimum atomic E-state index is 0.457. The van der Waals surface area contributed by atoms with Gasteiger partial charge in [0.05, 0.1) is 0 Å². The summed E-state index contributed by atoms with van der Waals surface area (Å²) in [6, 6.07) is 0.457. The van der Waals surface area contributed by atoms with Crippen LogP contribution in [0.4, 0.5) is 0 Å². The van der Waals surface area contributed by atoms with Gasteiger partial charge in [-0.2, -0.15) is 5.10 Å². The van der Waals surface area contributed by atoms with E-state index in [4.69, 9.17) is 5.73 Å². The summed E-state index contributed by atoms with van der Waals surface area (Å²) in [7, 11) is 0. The number of aromatic nitrogens is 3. The lowest BCUT2D eigenvalue weighted by Crippen LogP contribution is -2.05. The summed E-state index contributed by atoms with van der Waals surface area (Å²) in [6.07, 6.45) is 5.64. The highest BCUT2D eigenvalue weighted by molar-refractivity contribution is 4.89. The molecule has 0 spiro atoms. The molecule has 2 rings (SSSR count). The number of rotatable bonds is 3. The molecule has 0 aromatic carbocycles. The van der Waals surface area contributed by atoms with Gasteiger partial charge in [0.1, 0.15) is 12.7 Å². The highest BCUT2D eigenvalue weighted by Crippen LogP contribution is 2.31. The average molecular weight is 152 g/mol. The fourth-order valence-electron chi connectivity index (χ4n) is 1.25. The molecule has 1 aliphatic carbocycles. The van der Waals surface area contributed by atoms with Gasteiger partial charge < -0.3 is 5.73 Å². The van der Waals surface area contributed by atoms with Crippen molar-refractivity contribution in [2.45, 2.75) is 25.4 Å². The fourth-order valence-corrected chi connectivity index (χ4v) is 1.25. The van der Waals surface area contributed by atoms with Crippen molar-refractivity contribution in [1.29, 1.82) is 0 Å². The van der Waals surface area contributed by atoms with Gasteiger partial charge in [-0.3, -0.25) is 4.68 Å². The molecule has 1 fully saturated rings. The Bertz CT molecular complexity index is 218. The molecule has 0 aliphatic heterocycles. The Morgan fingerprint density at radius 3 is 3.00 bits per heavy atom. The van der Waals surface area contributed by atoms with Crippen molar-refractivity contribution < 1.29 is 0 Å². The Morgan fingerprint density at radius 2 is 2.45 bits per heavy atom. The first-order valence-corrected chi connectivity index (χ1v) is 3.94. The van der Waals surface area contributed by atoms with Crippen LogP contribution >= 0.6 is 0 Å². The standard InChI is InChI=1S/C7H12N4/c8-7-3-6(7)1-2-11-5-9-4-10-11/h4-7H,1-3,8H2/t6-,7-/m1/s1. The van der Waals surface area contributed by atoms with E-state index in [0.29, 0.717) is 6.04 Å². The van der Waals surface area contributed by atoms with E-state index in [1.165, 1.54) is 6.42 Å². The molecule has 2 N–H and O–H groups in total. The first-order valence-electron chi connectivity index (χ1n) is 3.94. The second-order valence-electron chi connectivity index (χ2n) is 3.11. The second kappa shape index (κ2) is 2.62. The molecule has 11 heavy (non-hydrogen) atoms. The smallest absolute Gasteiger partial charge is 0.137 e. The molecular formula is C7H12N4. The van der Waals surface area contributed by atoms with Crippen LogP contribution in [0.15, 0.2) is 12.7 Å². The highest BCUT2D eigenvalue weighted by atomic mass is 15.3. The van der Waals surface area contributed by atoms with Crippen LogP contribution in [-0.4, -0.2) is 20.8 Å². The van der Waals surface area contributed by atoms with Gasteiger partial charge in [0, 0.05) is 12.6 Å². The van der Waals surface area contributed by atoms with E-state index >= 15 is 0 Å². The van der Waals surface area contributed by atoms with Gasteiger partial charge in [0.15, 0.2) is 0 Å². The molecule has 4 heteroatoms. The average Bonchev–Trinajstić information content (AvgIpc) is 2.55. The zero-order valence-electron chi connectivity index (χ0n) is 6.35. The Kier molecular flexibility index (Phi) is 1.62. The van der Waals surface area contributed by atoms with Gasteiger partial charge in [0.25, 0.3) is 0 Å². The predicted octanol–water partition coefficient (Wildman–Crippen LogP) is 0.0154. The topological polar surface area (TPSA) is 56.7 Å². The first-order chi connectivity index (χ1) is 5.36. The van der Waals surface area contributed by atoms with Crippen molar-refractivity contribution in [1.82, 2.24) is 14.8 Å². The maximum Gasteiger partial charge on any atom is 0.137 e. The van der Waals surface area contributed by atoms with E-state index in [0.717, 1.165) is 18.9 Å². The first kappa shape index (κ1) is 6.79. The van der Waals surface area contributed by atoms with Crippen molar-refractivity contribution in [3.05, 3.63) is 12.7 Å². The third-order valence-corrected chi connectivity index (χ3v) is 2.17. The zero-order valence-corrected chi connectivity index (χ0v) is 6.35. The predicted molar refractivity (Wildman–Crippen MR) is 40.7 cm³/mol. The maximum absolute atomic E-state index is 5.66. The summed E-state index contributed by atoms with van der Waals surface area (Å²) in [5.41, 5.74) is 5.66. The number of hydrogen-bond donors (Lipinski definition) is 1. The molecule has 4 nitrogen and oxygen atoms in total. The lowest BCUT2D eigenvalue weighted by molar-refractivity contribution is 0.538. The Morgan fingerprint density at radius 1 is 1.64 bits per heavy atom. The normalized spacial score (nSPS) is 28.8. The molecule has 1 saturated carbocycles. The Hall–Kier alpha value is -0.900. The van der Waals surface area contributed by atoms with Gasteiger partial charge in [-0.15, -0.1) is 0 Å². The number of nitrogens with two attached hydrogens (primary N) is 1. The zero-order chi connectivity index (χ0) is 7.68. The maximum atomic E-state index is 5.66. The van der Waals surface area contributed by atoms with Crippen molar-refractivity contribution in [3.8, 4) is 0 Å². The highest BCUT2D eigenvalue weighted by Gasteiger charge is 2.32. The molecule has 1 aromatic heterocycles. The van der Waals surface area contributed by atoms with E-state index in [-0.39, 0.29) is 0 Å². The van der Waals surface area contributed by atoms with Crippen LogP contribution in [0, 0.1) is 5.92 Å². The summed E-state index contributed by atoms with van der Waals surface area (Å²) in [4.78, 5) is 3.86. The summed E-state index contributed by atoms with van der Waals surface area (Å²) < 4.78 is 1.85. The summed E-state index contributed by atoms with van der Waals surface area (Å²) >= 11 is 0. The van der Waals surface area contributed by atoms with Crippen LogP contribution in [0.2, 0.25) is 0 Å². The number of hydrogen-bond acceptors (Lipinski definition) is 3. The molecule has 1 heterocycles. The van der Waals surface area contributed by atoms with Gasteiger partial charge in [-0.1, -0.05) is 0 Å². The lowest BCUT2D eigenvalue weighted by atomic mass is 10.3. The Balaban J connectivity index is 1.75. The van der Waals surface area contributed by atoms with Crippen molar-refractivity contribution in [3.63, 3.8) is 0 Å². The molecule has 60 valence electrons. The van der Waals surface area contributed by atoms with Crippen molar-refractivity contribution in [2.75, 3.05) is 0 Å². The van der Waals surface area contributed by atoms with Gasteiger partial charge in [-0.05, 0) is 18.8 Å². The third kappa shape index (κ3) is 1.57. The van der Waals surface area contributed by atoms with Crippen molar-refractivity contribution >= 4 is 0 Å². The van der Waals surface area contributed by atoms with Crippen LogP contribution in [0.1, 0.15) is 12.8 Å². The summed E-state index contributed by atoms with van der Waals surface area (Å²) in [6.45, 7) is 0.957. The lowest BCUT2D eigenvalue weighted by Gasteiger charge is -1.97.